The standard InChI is InChI=1S/C28H22F3NO6/c1-35-27(34)16-4-2-3-14(9-16)21-12-19(18-7-6-17(29)11-22(18)38-21)32-26(33)25-24(28(25,30)31)15-5-8-20-23(10-15)37-13-36-20/h2-11,19,21,24-25H,12-13H2,1H3,(H,32,33)/t19-,21-,24?,25?/m1/s1. The van der Waals surface area contributed by atoms with Gasteiger partial charge in [-0.15, -0.1) is 0 Å². The van der Waals surface area contributed by atoms with Crippen molar-refractivity contribution < 1.29 is 41.7 Å². The van der Waals surface area contributed by atoms with Crippen LogP contribution in [0.4, 0.5) is 13.2 Å². The number of methoxy groups -OCH3 is 1. The van der Waals surface area contributed by atoms with Crippen LogP contribution in [0.25, 0.3) is 0 Å². The van der Waals surface area contributed by atoms with Gasteiger partial charge in [-0.25, -0.2) is 18.0 Å². The minimum atomic E-state index is -3.25. The predicted octanol–water partition coefficient (Wildman–Crippen LogP) is 5.07. The van der Waals surface area contributed by atoms with Gasteiger partial charge in [-0.05, 0) is 41.5 Å². The number of hydrogen-bond donors (Lipinski definition) is 1. The van der Waals surface area contributed by atoms with Crippen LogP contribution in [-0.2, 0) is 9.53 Å². The maximum atomic E-state index is 14.9. The van der Waals surface area contributed by atoms with Crippen LogP contribution in [0.2, 0.25) is 0 Å². The molecular formula is C28H22F3NO6. The number of fused-ring (bicyclic) bond motifs is 2. The highest BCUT2D eigenvalue weighted by molar-refractivity contribution is 5.89. The van der Waals surface area contributed by atoms with Gasteiger partial charge in [0.25, 0.3) is 5.92 Å². The molecule has 1 N–H and O–H groups in total. The zero-order chi connectivity index (χ0) is 26.6. The second-order valence-electron chi connectivity index (χ2n) is 9.45. The highest BCUT2D eigenvalue weighted by atomic mass is 19.3. The third-order valence-electron chi connectivity index (χ3n) is 7.16. The minimum absolute atomic E-state index is 0.0111. The Morgan fingerprint density at radius 3 is 2.61 bits per heavy atom. The first-order valence-electron chi connectivity index (χ1n) is 12.0. The van der Waals surface area contributed by atoms with E-state index in [1.165, 1.54) is 37.4 Å². The van der Waals surface area contributed by atoms with Crippen LogP contribution in [-0.4, -0.2) is 31.7 Å². The second kappa shape index (κ2) is 8.97. The molecule has 6 rings (SSSR count). The lowest BCUT2D eigenvalue weighted by molar-refractivity contribution is -0.125. The predicted molar refractivity (Wildman–Crippen MR) is 127 cm³/mol. The number of halogens is 3. The molecule has 1 fully saturated rings. The molecule has 2 heterocycles. The van der Waals surface area contributed by atoms with Crippen molar-refractivity contribution in [1.29, 1.82) is 0 Å². The third kappa shape index (κ3) is 4.09. The van der Waals surface area contributed by atoms with Gasteiger partial charge in [0.15, 0.2) is 11.5 Å². The highest BCUT2D eigenvalue weighted by Crippen LogP contribution is 2.62. The molecular weight excluding hydrogens is 503 g/mol. The molecule has 1 amide bonds. The molecule has 3 aromatic rings. The molecule has 2 aliphatic heterocycles. The fourth-order valence-electron chi connectivity index (χ4n) is 5.20. The van der Waals surface area contributed by atoms with Crippen molar-refractivity contribution >= 4 is 11.9 Å². The van der Waals surface area contributed by atoms with Gasteiger partial charge < -0.3 is 24.3 Å². The van der Waals surface area contributed by atoms with E-state index in [9.17, 15) is 22.8 Å². The fraction of sp³-hybridized carbons (Fsp3) is 0.286. The van der Waals surface area contributed by atoms with Crippen LogP contribution in [0.3, 0.4) is 0 Å². The lowest BCUT2D eigenvalue weighted by Gasteiger charge is -2.33. The van der Waals surface area contributed by atoms with E-state index in [0.717, 1.165) is 0 Å². The average molecular weight is 525 g/mol. The molecule has 38 heavy (non-hydrogen) atoms. The summed E-state index contributed by atoms with van der Waals surface area (Å²) in [6.07, 6.45) is -0.495. The Bertz CT molecular complexity index is 1440. The number of hydrogen-bond acceptors (Lipinski definition) is 6. The zero-order valence-corrected chi connectivity index (χ0v) is 20.1. The van der Waals surface area contributed by atoms with Crippen molar-refractivity contribution in [3.05, 3.63) is 88.7 Å². The molecule has 10 heteroatoms. The summed E-state index contributed by atoms with van der Waals surface area (Å²) in [7, 11) is 1.27. The molecule has 0 bridgehead atoms. The lowest BCUT2D eigenvalue weighted by atomic mass is 9.92. The number of carbonyl (C=O) groups is 2. The van der Waals surface area contributed by atoms with Crippen molar-refractivity contribution in [3.8, 4) is 17.2 Å². The van der Waals surface area contributed by atoms with E-state index in [2.05, 4.69) is 5.32 Å². The van der Waals surface area contributed by atoms with Crippen molar-refractivity contribution in [2.45, 2.75) is 30.4 Å². The van der Waals surface area contributed by atoms with Crippen molar-refractivity contribution in [2.75, 3.05) is 13.9 Å². The van der Waals surface area contributed by atoms with E-state index in [1.807, 2.05) is 0 Å². The molecule has 1 saturated carbocycles. The number of rotatable bonds is 5. The first-order valence-corrected chi connectivity index (χ1v) is 12.0. The monoisotopic (exact) mass is 525 g/mol. The molecule has 0 aromatic heterocycles. The zero-order valence-electron chi connectivity index (χ0n) is 20.1. The Kier molecular flexibility index (Phi) is 5.70. The number of nitrogens with one attached hydrogen (secondary N) is 1. The Hall–Kier alpha value is -4.21. The summed E-state index contributed by atoms with van der Waals surface area (Å²) >= 11 is 0. The van der Waals surface area contributed by atoms with Crippen molar-refractivity contribution in [2.24, 2.45) is 5.92 Å². The van der Waals surface area contributed by atoms with Gasteiger partial charge in [-0.3, -0.25) is 4.79 Å². The molecule has 0 saturated heterocycles. The SMILES string of the molecule is COC(=O)c1cccc([C@H]2C[C@@H](NC(=O)C3C(c4ccc5c(c4)OCO5)C3(F)F)c3ccc(F)cc3O2)c1. The molecule has 0 spiro atoms. The summed E-state index contributed by atoms with van der Waals surface area (Å²) in [5.74, 6) is -7.02. The Labute approximate surface area is 215 Å². The van der Waals surface area contributed by atoms with Gasteiger partial charge in [0.2, 0.25) is 12.7 Å². The van der Waals surface area contributed by atoms with E-state index in [1.54, 1.807) is 30.3 Å². The molecule has 196 valence electrons. The summed E-state index contributed by atoms with van der Waals surface area (Å²) in [5.41, 5.74) is 1.65. The topological polar surface area (TPSA) is 83.1 Å². The van der Waals surface area contributed by atoms with Gasteiger partial charge in [0.1, 0.15) is 23.6 Å². The summed E-state index contributed by atoms with van der Waals surface area (Å²) < 4.78 is 65.2. The van der Waals surface area contributed by atoms with E-state index in [0.29, 0.717) is 28.2 Å². The maximum absolute atomic E-state index is 14.9. The van der Waals surface area contributed by atoms with E-state index in [-0.39, 0.29) is 24.5 Å². The van der Waals surface area contributed by atoms with Crippen LogP contribution in [0.15, 0.2) is 60.7 Å². The van der Waals surface area contributed by atoms with Crippen LogP contribution >= 0.6 is 0 Å². The van der Waals surface area contributed by atoms with E-state index in [4.69, 9.17) is 18.9 Å². The van der Waals surface area contributed by atoms with Gasteiger partial charge >= 0.3 is 5.97 Å². The minimum Gasteiger partial charge on any atom is -0.485 e. The van der Waals surface area contributed by atoms with Gasteiger partial charge in [0.05, 0.1) is 24.6 Å². The number of carbonyl (C=O) groups excluding carboxylic acids is 2. The van der Waals surface area contributed by atoms with Gasteiger partial charge in [-0.2, -0.15) is 0 Å². The number of esters is 1. The Morgan fingerprint density at radius 1 is 0.974 bits per heavy atom. The fourth-order valence-corrected chi connectivity index (χ4v) is 5.20. The number of alkyl halides is 2. The van der Waals surface area contributed by atoms with Gasteiger partial charge in [0, 0.05) is 18.1 Å². The van der Waals surface area contributed by atoms with Crippen LogP contribution in [0, 0.1) is 11.7 Å². The Balaban J connectivity index is 1.26. The summed E-state index contributed by atoms with van der Waals surface area (Å²) in [6.45, 7) is 0.0111. The third-order valence-corrected chi connectivity index (χ3v) is 7.16. The average Bonchev–Trinajstić information content (AvgIpc) is 3.23. The number of benzene rings is 3. The van der Waals surface area contributed by atoms with Crippen molar-refractivity contribution in [1.82, 2.24) is 5.32 Å². The summed E-state index contributed by atoms with van der Waals surface area (Å²) in [6, 6.07) is 14.2. The van der Waals surface area contributed by atoms with Crippen LogP contribution in [0.1, 0.15) is 51.5 Å². The molecule has 4 atom stereocenters. The molecule has 0 radical (unpaired) electrons. The normalized spacial score (nSPS) is 24.1. The largest absolute Gasteiger partial charge is 0.485 e. The molecule has 1 aliphatic carbocycles. The molecule has 2 unspecified atom stereocenters. The first-order chi connectivity index (χ1) is 18.3. The number of amides is 1. The summed E-state index contributed by atoms with van der Waals surface area (Å²) in [4.78, 5) is 25.2. The summed E-state index contributed by atoms with van der Waals surface area (Å²) in [5, 5.41) is 2.74. The molecule has 3 aliphatic rings. The quantitative estimate of drug-likeness (QED) is 0.469. The van der Waals surface area contributed by atoms with Gasteiger partial charge in [-0.1, -0.05) is 24.3 Å². The van der Waals surface area contributed by atoms with Crippen LogP contribution < -0.4 is 19.5 Å². The van der Waals surface area contributed by atoms with Crippen molar-refractivity contribution in [3.63, 3.8) is 0 Å². The second-order valence-corrected chi connectivity index (χ2v) is 9.45. The van der Waals surface area contributed by atoms with E-state index >= 15 is 0 Å². The molecule has 7 nitrogen and oxygen atoms in total. The lowest BCUT2D eigenvalue weighted by Crippen LogP contribution is -2.35. The first kappa shape index (κ1) is 24.1. The maximum Gasteiger partial charge on any atom is 0.337 e. The van der Waals surface area contributed by atoms with Crippen LogP contribution in [0.5, 0.6) is 17.2 Å². The number of ether oxygens (including phenoxy) is 4. The van der Waals surface area contributed by atoms with E-state index < -0.39 is 47.6 Å². The smallest absolute Gasteiger partial charge is 0.337 e. The highest BCUT2D eigenvalue weighted by Gasteiger charge is 2.72. The Morgan fingerprint density at radius 2 is 1.79 bits per heavy atom. The molecule has 3 aromatic carbocycles.